The largest absolute Gasteiger partial charge is 0.478 e. The zero-order valence-corrected chi connectivity index (χ0v) is 19.1. The molecule has 1 atom stereocenters. The topological polar surface area (TPSA) is 127 Å². The molecule has 1 unspecified atom stereocenters. The predicted molar refractivity (Wildman–Crippen MR) is 128 cm³/mol. The van der Waals surface area contributed by atoms with E-state index in [4.69, 9.17) is 14.6 Å². The summed E-state index contributed by atoms with van der Waals surface area (Å²) in [5.41, 5.74) is 4.53. The van der Waals surface area contributed by atoms with Crippen molar-refractivity contribution in [2.75, 3.05) is 25.6 Å². The monoisotopic (exact) mass is 475 g/mol. The van der Waals surface area contributed by atoms with Gasteiger partial charge >= 0.3 is 12.1 Å². The summed E-state index contributed by atoms with van der Waals surface area (Å²) < 4.78 is 10.6. The van der Waals surface area contributed by atoms with Crippen LogP contribution in [0.2, 0.25) is 0 Å². The van der Waals surface area contributed by atoms with Crippen LogP contribution in [0.25, 0.3) is 11.1 Å². The lowest BCUT2D eigenvalue weighted by Crippen LogP contribution is -2.45. The van der Waals surface area contributed by atoms with E-state index in [0.29, 0.717) is 0 Å². The number of hydrogen-bond acceptors (Lipinski definition) is 6. The molecule has 0 saturated carbocycles. The molecule has 1 aliphatic rings. The highest BCUT2D eigenvalue weighted by molar-refractivity contribution is 5.97. The first-order chi connectivity index (χ1) is 17.0. The molecule has 35 heavy (non-hydrogen) atoms. The summed E-state index contributed by atoms with van der Waals surface area (Å²) in [6.45, 7) is 0.332. The molecule has 1 aromatic heterocycles. The highest BCUT2D eigenvalue weighted by atomic mass is 16.5. The molecule has 2 amide bonds. The number of nitrogens with zero attached hydrogens (tertiary/aromatic N) is 1. The number of nitrogens with one attached hydrogen (secondary N) is 2. The third-order valence-corrected chi connectivity index (χ3v) is 5.82. The van der Waals surface area contributed by atoms with Crippen LogP contribution in [0, 0.1) is 0 Å². The van der Waals surface area contributed by atoms with Crippen molar-refractivity contribution in [3.05, 3.63) is 83.7 Å². The number of methoxy groups -OCH3 is 1. The Labute approximate surface area is 202 Å². The fourth-order valence-corrected chi connectivity index (χ4v) is 4.14. The molecule has 0 radical (unpaired) electrons. The third kappa shape index (κ3) is 5.47. The molecule has 2 aromatic carbocycles. The average Bonchev–Trinajstić information content (AvgIpc) is 3.19. The van der Waals surface area contributed by atoms with Gasteiger partial charge in [0.25, 0.3) is 0 Å². The maximum atomic E-state index is 12.8. The lowest BCUT2D eigenvalue weighted by Gasteiger charge is -2.19. The molecule has 180 valence electrons. The number of aromatic nitrogens is 1. The number of rotatable bonds is 9. The number of carboxylic acids is 1. The number of ether oxygens (including phenoxy) is 2. The van der Waals surface area contributed by atoms with Crippen LogP contribution in [-0.4, -0.2) is 54.4 Å². The molecule has 0 aliphatic heterocycles. The van der Waals surface area contributed by atoms with E-state index in [-0.39, 0.29) is 36.8 Å². The van der Waals surface area contributed by atoms with Crippen molar-refractivity contribution in [2.45, 2.75) is 18.4 Å². The minimum Gasteiger partial charge on any atom is -0.478 e. The van der Waals surface area contributed by atoms with Gasteiger partial charge in [0.15, 0.2) is 0 Å². The van der Waals surface area contributed by atoms with Crippen LogP contribution in [0.15, 0.2) is 67.0 Å². The molecular weight excluding hydrogens is 450 g/mol. The van der Waals surface area contributed by atoms with Crippen LogP contribution >= 0.6 is 0 Å². The third-order valence-electron chi connectivity index (χ3n) is 5.82. The van der Waals surface area contributed by atoms with E-state index < -0.39 is 24.0 Å². The molecule has 4 rings (SSSR count). The van der Waals surface area contributed by atoms with Gasteiger partial charge in [0.05, 0.1) is 17.4 Å². The second kappa shape index (κ2) is 10.8. The Kier molecular flexibility index (Phi) is 7.37. The van der Waals surface area contributed by atoms with Crippen molar-refractivity contribution in [2.24, 2.45) is 0 Å². The Morgan fingerprint density at radius 3 is 2.31 bits per heavy atom. The van der Waals surface area contributed by atoms with Gasteiger partial charge in [0.2, 0.25) is 5.91 Å². The second-order valence-electron chi connectivity index (χ2n) is 8.06. The lowest BCUT2D eigenvalue weighted by molar-refractivity contribution is -0.118. The van der Waals surface area contributed by atoms with Gasteiger partial charge in [0, 0.05) is 32.3 Å². The molecule has 1 aliphatic carbocycles. The number of pyridine rings is 1. The van der Waals surface area contributed by atoms with Crippen LogP contribution in [0.5, 0.6) is 0 Å². The molecule has 0 spiro atoms. The number of hydrogen-bond donors (Lipinski definition) is 3. The summed E-state index contributed by atoms with van der Waals surface area (Å²) in [5.74, 6) is -1.81. The zero-order valence-electron chi connectivity index (χ0n) is 19.1. The standard InChI is InChI=1S/C26H25N3O6/c1-34-11-10-23(24(30)28-17-12-16(25(31)32)13-27-14-17)29-26(33)35-15-22-20-8-4-2-6-18(20)19-7-3-5-9-21(19)22/h2-9,12-14,22-23H,10-11,15H2,1H3,(H,28,30)(H,29,33)(H,31,32). The van der Waals surface area contributed by atoms with Crippen molar-refractivity contribution < 1.29 is 29.0 Å². The van der Waals surface area contributed by atoms with Crippen molar-refractivity contribution in [3.63, 3.8) is 0 Å². The van der Waals surface area contributed by atoms with Crippen LogP contribution in [0.1, 0.15) is 33.8 Å². The second-order valence-corrected chi connectivity index (χ2v) is 8.06. The van der Waals surface area contributed by atoms with E-state index in [9.17, 15) is 14.4 Å². The maximum absolute atomic E-state index is 12.8. The van der Waals surface area contributed by atoms with Gasteiger partial charge in [-0.25, -0.2) is 9.59 Å². The van der Waals surface area contributed by atoms with E-state index in [0.717, 1.165) is 22.3 Å². The van der Waals surface area contributed by atoms with E-state index in [1.165, 1.54) is 25.6 Å². The Morgan fingerprint density at radius 2 is 1.69 bits per heavy atom. The number of aromatic carboxylic acids is 1. The van der Waals surface area contributed by atoms with Gasteiger partial charge in [0.1, 0.15) is 12.6 Å². The number of carbonyl (C=O) groups excluding carboxylic acids is 2. The van der Waals surface area contributed by atoms with Gasteiger partial charge < -0.3 is 25.2 Å². The smallest absolute Gasteiger partial charge is 0.407 e. The maximum Gasteiger partial charge on any atom is 0.407 e. The molecular formula is C26H25N3O6. The highest BCUT2D eigenvalue weighted by Crippen LogP contribution is 2.44. The van der Waals surface area contributed by atoms with Crippen molar-refractivity contribution in [1.82, 2.24) is 10.3 Å². The first-order valence-corrected chi connectivity index (χ1v) is 11.1. The SMILES string of the molecule is COCCC(NC(=O)OCC1c2ccccc2-c2ccccc21)C(=O)Nc1cncc(C(=O)O)c1. The van der Waals surface area contributed by atoms with Crippen LogP contribution in [0.3, 0.4) is 0 Å². The summed E-state index contributed by atoms with van der Waals surface area (Å²) in [7, 11) is 1.49. The average molecular weight is 476 g/mol. The summed E-state index contributed by atoms with van der Waals surface area (Å²) in [4.78, 5) is 40.4. The molecule has 0 saturated heterocycles. The van der Waals surface area contributed by atoms with Crippen LogP contribution in [0.4, 0.5) is 10.5 Å². The predicted octanol–water partition coefficient (Wildman–Crippen LogP) is 3.66. The molecule has 9 nitrogen and oxygen atoms in total. The van der Waals surface area contributed by atoms with E-state index in [1.807, 2.05) is 48.5 Å². The fraction of sp³-hybridized carbons (Fsp3) is 0.231. The molecule has 0 bridgehead atoms. The van der Waals surface area contributed by atoms with E-state index in [1.54, 1.807) is 0 Å². The Morgan fingerprint density at radius 1 is 1.03 bits per heavy atom. The Balaban J connectivity index is 1.41. The minimum atomic E-state index is -1.17. The quantitative estimate of drug-likeness (QED) is 0.431. The van der Waals surface area contributed by atoms with Gasteiger partial charge in [-0.3, -0.25) is 9.78 Å². The highest BCUT2D eigenvalue weighted by Gasteiger charge is 2.29. The number of anilines is 1. The number of amides is 2. The van der Waals surface area contributed by atoms with Gasteiger partial charge in [-0.1, -0.05) is 48.5 Å². The zero-order chi connectivity index (χ0) is 24.8. The summed E-state index contributed by atoms with van der Waals surface area (Å²) in [5, 5.41) is 14.3. The van der Waals surface area contributed by atoms with E-state index >= 15 is 0 Å². The van der Waals surface area contributed by atoms with Gasteiger partial charge in [-0.2, -0.15) is 0 Å². The Bertz CT molecular complexity index is 1200. The number of carbonyl (C=O) groups is 3. The normalized spacial score (nSPS) is 12.8. The summed E-state index contributed by atoms with van der Waals surface area (Å²) in [6.07, 6.45) is 1.96. The number of carboxylic acid groups (broad SMARTS) is 1. The number of benzene rings is 2. The van der Waals surface area contributed by atoms with E-state index in [2.05, 4.69) is 15.6 Å². The minimum absolute atomic E-state index is 0.0688. The lowest BCUT2D eigenvalue weighted by atomic mass is 9.98. The van der Waals surface area contributed by atoms with Gasteiger partial charge in [-0.05, 0) is 28.3 Å². The van der Waals surface area contributed by atoms with Crippen molar-refractivity contribution >= 4 is 23.7 Å². The van der Waals surface area contributed by atoms with Gasteiger partial charge in [-0.15, -0.1) is 0 Å². The van der Waals surface area contributed by atoms with Crippen molar-refractivity contribution in [1.29, 1.82) is 0 Å². The molecule has 1 heterocycles. The fourth-order valence-electron chi connectivity index (χ4n) is 4.14. The van der Waals surface area contributed by atoms with Crippen LogP contribution < -0.4 is 10.6 Å². The van der Waals surface area contributed by atoms with Crippen LogP contribution in [-0.2, 0) is 14.3 Å². The molecule has 3 aromatic rings. The molecule has 3 N–H and O–H groups in total. The number of alkyl carbamates (subject to hydrolysis) is 1. The first kappa shape index (κ1) is 23.9. The molecule has 9 heteroatoms. The number of fused-ring (bicyclic) bond motifs is 3. The van der Waals surface area contributed by atoms with Crippen molar-refractivity contribution in [3.8, 4) is 11.1 Å². The summed E-state index contributed by atoms with van der Waals surface area (Å²) in [6, 6.07) is 16.3. The molecule has 0 fully saturated rings. The Hall–Kier alpha value is -4.24. The first-order valence-electron chi connectivity index (χ1n) is 11.1. The summed E-state index contributed by atoms with van der Waals surface area (Å²) >= 11 is 0.